The number of ether oxygens (including phenoxy) is 2. The van der Waals surface area contributed by atoms with Crippen LogP contribution in [0.2, 0.25) is 0 Å². The highest BCUT2D eigenvalue weighted by atomic mass is 16.6. The zero-order chi connectivity index (χ0) is 12.8. The van der Waals surface area contributed by atoms with Crippen LogP contribution in [0.25, 0.3) is 0 Å². The van der Waals surface area contributed by atoms with Crippen molar-refractivity contribution < 1.29 is 24.2 Å². The second-order valence-corrected chi connectivity index (χ2v) is 4.20. The Labute approximate surface area is 94.9 Å². The standard InChI is InChI=1S/C10H19NO5/c1-5-15-6-7(8(12)13)11-9(14)16-10(2,3)4/h7H,5-6H2,1-4H3,(H,11,14)(H,12,13)/t7-/m1/s1. The van der Waals surface area contributed by atoms with Gasteiger partial charge in [-0.3, -0.25) is 0 Å². The van der Waals surface area contributed by atoms with E-state index in [2.05, 4.69) is 5.32 Å². The molecule has 0 saturated heterocycles. The van der Waals surface area contributed by atoms with Crippen LogP contribution in [0.5, 0.6) is 0 Å². The molecule has 0 aromatic heterocycles. The molecule has 6 heteroatoms. The third kappa shape index (κ3) is 7.05. The monoisotopic (exact) mass is 233 g/mol. The van der Waals surface area contributed by atoms with Gasteiger partial charge in [0, 0.05) is 6.61 Å². The maximum absolute atomic E-state index is 11.3. The minimum atomic E-state index is -1.15. The summed E-state index contributed by atoms with van der Waals surface area (Å²) < 4.78 is 9.87. The highest BCUT2D eigenvalue weighted by Gasteiger charge is 2.23. The maximum Gasteiger partial charge on any atom is 0.408 e. The van der Waals surface area contributed by atoms with Gasteiger partial charge in [0.25, 0.3) is 0 Å². The van der Waals surface area contributed by atoms with E-state index in [4.69, 9.17) is 14.6 Å². The highest BCUT2D eigenvalue weighted by molar-refractivity contribution is 5.80. The summed E-state index contributed by atoms with van der Waals surface area (Å²) in [6.45, 7) is 7.15. The molecule has 0 radical (unpaired) electrons. The summed E-state index contributed by atoms with van der Waals surface area (Å²) in [6, 6.07) is -1.09. The van der Waals surface area contributed by atoms with Crippen molar-refractivity contribution in [2.45, 2.75) is 39.3 Å². The first-order chi connectivity index (χ1) is 7.26. The van der Waals surface area contributed by atoms with Crippen LogP contribution in [0.3, 0.4) is 0 Å². The zero-order valence-electron chi connectivity index (χ0n) is 10.1. The molecule has 0 aromatic rings. The van der Waals surface area contributed by atoms with Gasteiger partial charge in [-0.15, -0.1) is 0 Å². The van der Waals surface area contributed by atoms with E-state index < -0.39 is 23.7 Å². The molecule has 0 rings (SSSR count). The van der Waals surface area contributed by atoms with Crippen molar-refractivity contribution in [3.05, 3.63) is 0 Å². The van der Waals surface area contributed by atoms with Gasteiger partial charge in [0.15, 0.2) is 6.04 Å². The predicted octanol–water partition coefficient (Wildman–Crippen LogP) is 1.00. The van der Waals surface area contributed by atoms with Gasteiger partial charge in [0.2, 0.25) is 0 Å². The maximum atomic E-state index is 11.3. The molecule has 1 atom stereocenters. The summed E-state index contributed by atoms with van der Waals surface area (Å²) in [5, 5.41) is 11.0. The van der Waals surface area contributed by atoms with Crippen LogP contribution in [0.1, 0.15) is 27.7 Å². The Hall–Kier alpha value is -1.30. The first kappa shape index (κ1) is 14.7. The van der Waals surface area contributed by atoms with E-state index in [1.165, 1.54) is 0 Å². The van der Waals surface area contributed by atoms with Gasteiger partial charge < -0.3 is 19.9 Å². The molecule has 0 spiro atoms. The lowest BCUT2D eigenvalue weighted by Gasteiger charge is -2.21. The van der Waals surface area contributed by atoms with E-state index in [9.17, 15) is 9.59 Å². The van der Waals surface area contributed by atoms with E-state index in [0.717, 1.165) is 0 Å². The molecule has 2 N–H and O–H groups in total. The van der Waals surface area contributed by atoms with Crippen molar-refractivity contribution >= 4 is 12.1 Å². The summed E-state index contributed by atoms with van der Waals surface area (Å²) in [5.41, 5.74) is -0.654. The zero-order valence-corrected chi connectivity index (χ0v) is 10.1. The van der Waals surface area contributed by atoms with Gasteiger partial charge in [-0.25, -0.2) is 9.59 Å². The van der Waals surface area contributed by atoms with Crippen molar-refractivity contribution in [3.63, 3.8) is 0 Å². The molecule has 6 nitrogen and oxygen atoms in total. The Kier molecular flexibility index (Phi) is 5.81. The van der Waals surface area contributed by atoms with Gasteiger partial charge in [0.05, 0.1) is 6.61 Å². The van der Waals surface area contributed by atoms with Crippen LogP contribution >= 0.6 is 0 Å². The third-order valence-electron chi connectivity index (χ3n) is 1.48. The first-order valence-corrected chi connectivity index (χ1v) is 5.06. The molecule has 1 amide bonds. The predicted molar refractivity (Wildman–Crippen MR) is 57.3 cm³/mol. The largest absolute Gasteiger partial charge is 0.480 e. The van der Waals surface area contributed by atoms with Gasteiger partial charge in [-0.2, -0.15) is 0 Å². The summed E-state index contributed by atoms with van der Waals surface area (Å²) in [7, 11) is 0. The average molecular weight is 233 g/mol. The Morgan fingerprint density at radius 2 is 1.94 bits per heavy atom. The van der Waals surface area contributed by atoms with Crippen LogP contribution in [-0.2, 0) is 14.3 Å². The van der Waals surface area contributed by atoms with E-state index in [-0.39, 0.29) is 6.61 Å². The minimum Gasteiger partial charge on any atom is -0.480 e. The minimum absolute atomic E-state index is 0.0783. The number of amides is 1. The molecule has 0 unspecified atom stereocenters. The molecular weight excluding hydrogens is 214 g/mol. The summed E-state index contributed by atoms with van der Waals surface area (Å²) in [4.78, 5) is 22.0. The normalized spacial score (nSPS) is 13.0. The number of alkyl carbamates (subject to hydrolysis) is 1. The number of hydrogen-bond acceptors (Lipinski definition) is 4. The number of carboxylic acids is 1. The molecule has 0 saturated carbocycles. The fourth-order valence-electron chi connectivity index (χ4n) is 0.860. The number of carbonyl (C=O) groups is 2. The molecule has 0 heterocycles. The Morgan fingerprint density at radius 1 is 1.38 bits per heavy atom. The van der Waals surface area contributed by atoms with Crippen LogP contribution in [0, 0.1) is 0 Å². The number of carbonyl (C=O) groups excluding carboxylic acids is 1. The Bertz CT molecular complexity index is 246. The smallest absolute Gasteiger partial charge is 0.408 e. The van der Waals surface area contributed by atoms with Crippen LogP contribution in [0.4, 0.5) is 4.79 Å². The third-order valence-corrected chi connectivity index (χ3v) is 1.48. The number of hydrogen-bond donors (Lipinski definition) is 2. The second kappa shape index (κ2) is 6.32. The number of nitrogens with one attached hydrogen (secondary N) is 1. The first-order valence-electron chi connectivity index (χ1n) is 5.06. The van der Waals surface area contributed by atoms with Crippen LogP contribution in [0.15, 0.2) is 0 Å². The molecule has 0 bridgehead atoms. The van der Waals surface area contributed by atoms with E-state index in [1.54, 1.807) is 27.7 Å². The van der Waals surface area contributed by atoms with Crippen molar-refractivity contribution in [3.8, 4) is 0 Å². The fourth-order valence-corrected chi connectivity index (χ4v) is 0.860. The fraction of sp³-hybridized carbons (Fsp3) is 0.800. The molecule has 16 heavy (non-hydrogen) atoms. The highest BCUT2D eigenvalue weighted by Crippen LogP contribution is 2.06. The molecule has 0 fully saturated rings. The summed E-state index contributed by atoms with van der Waals surface area (Å²) >= 11 is 0. The number of carboxylic acid groups (broad SMARTS) is 1. The van der Waals surface area contributed by atoms with E-state index in [1.807, 2.05) is 0 Å². The molecule has 0 aliphatic heterocycles. The quantitative estimate of drug-likeness (QED) is 0.740. The van der Waals surface area contributed by atoms with Gasteiger partial charge in [0.1, 0.15) is 5.60 Å². The number of rotatable bonds is 5. The topological polar surface area (TPSA) is 84.9 Å². The Balaban J connectivity index is 4.19. The average Bonchev–Trinajstić information content (AvgIpc) is 2.08. The number of aliphatic carboxylic acids is 1. The summed E-state index contributed by atoms with van der Waals surface area (Å²) in [6.07, 6.45) is -0.764. The van der Waals surface area contributed by atoms with Crippen LogP contribution < -0.4 is 5.32 Å². The van der Waals surface area contributed by atoms with Crippen molar-refractivity contribution in [1.29, 1.82) is 0 Å². The van der Waals surface area contributed by atoms with Gasteiger partial charge in [-0.05, 0) is 27.7 Å². The van der Waals surface area contributed by atoms with Crippen LogP contribution in [-0.4, -0.2) is 42.0 Å². The summed E-state index contributed by atoms with van der Waals surface area (Å²) in [5.74, 6) is -1.15. The molecule has 0 aliphatic rings. The lowest BCUT2D eigenvalue weighted by atomic mass is 10.2. The van der Waals surface area contributed by atoms with Gasteiger partial charge in [-0.1, -0.05) is 0 Å². The molecule has 94 valence electrons. The SMILES string of the molecule is CCOC[C@@H](NC(=O)OC(C)(C)C)C(=O)O. The molecular formula is C10H19NO5. The van der Waals surface area contributed by atoms with Crippen molar-refractivity contribution in [2.24, 2.45) is 0 Å². The second-order valence-electron chi connectivity index (χ2n) is 4.20. The molecule has 0 aliphatic carbocycles. The Morgan fingerprint density at radius 3 is 2.31 bits per heavy atom. The van der Waals surface area contributed by atoms with E-state index in [0.29, 0.717) is 6.61 Å². The van der Waals surface area contributed by atoms with Crippen molar-refractivity contribution in [1.82, 2.24) is 5.32 Å². The lowest BCUT2D eigenvalue weighted by molar-refractivity contribution is -0.141. The van der Waals surface area contributed by atoms with E-state index >= 15 is 0 Å². The molecule has 0 aromatic carbocycles. The van der Waals surface area contributed by atoms with Crippen molar-refractivity contribution in [2.75, 3.05) is 13.2 Å². The van der Waals surface area contributed by atoms with Gasteiger partial charge >= 0.3 is 12.1 Å². The lowest BCUT2D eigenvalue weighted by Crippen LogP contribution is -2.46.